The van der Waals surface area contributed by atoms with Crippen molar-refractivity contribution in [3.63, 3.8) is 0 Å². The minimum absolute atomic E-state index is 0.0162. The van der Waals surface area contributed by atoms with Crippen LogP contribution < -0.4 is 54.8 Å². The number of hydrogen-bond acceptors (Lipinski definition) is 13. The number of carboxylic acids is 1. The number of thioether (sulfide) groups is 2. The molecule has 3 rings (SSSR count). The lowest BCUT2D eigenvalue weighted by molar-refractivity contribution is -0.142. The van der Waals surface area contributed by atoms with E-state index in [2.05, 4.69) is 41.9 Å². The number of aliphatic imine (C=N–C) groups is 1. The van der Waals surface area contributed by atoms with E-state index in [4.69, 9.17) is 22.9 Å². The Labute approximate surface area is 417 Å². The Morgan fingerprint density at radius 1 is 0.657 bits per heavy atom. The molecular formula is C47H72N12O9S2. The standard InChI is InChI=1S/C47H72N12O9S2/c1-27(2)39(45(66)56-36(46(67)68)19-23-70-4)59-42(63)35(18-22-69-3)55-43(64)37(24-28-14-16-30(60)17-15-28)58-41(62)34(13-9-21-52-47(50)51)54-44(65)38(57-40(61)32(49)11-7-8-20-48)25-29-26-53-33-12-6-5-10-31(29)33/h5-6,10,12,14-17,26-27,32,34-39,53,60H,7-9,11,13,18-25,48-49H2,1-4H3,(H,54,65)(H,55,64)(H,56,66)(H,57,61)(H,58,62)(H,59,63)(H,67,68)(H4,50,51,52)/t32-,34-,35-,36-,37-,38-,39-/m0/s1. The van der Waals surface area contributed by atoms with Crippen LogP contribution in [0, 0.1) is 5.92 Å². The number of unbranched alkanes of at least 4 members (excludes halogenated alkanes) is 1. The number of fused-ring (bicyclic) bond motifs is 1. The molecule has 1 heterocycles. The predicted molar refractivity (Wildman–Crippen MR) is 275 cm³/mol. The summed E-state index contributed by atoms with van der Waals surface area (Å²) in [5.74, 6) is -5.33. The summed E-state index contributed by atoms with van der Waals surface area (Å²) >= 11 is 2.83. The van der Waals surface area contributed by atoms with Gasteiger partial charge in [0.05, 0.1) is 6.04 Å². The molecule has 0 unspecified atom stereocenters. The number of benzene rings is 2. The molecule has 0 radical (unpaired) electrons. The number of carbonyl (C=O) groups is 7. The molecule has 0 aliphatic heterocycles. The lowest BCUT2D eigenvalue weighted by atomic mass is 10.0. The second-order valence-electron chi connectivity index (χ2n) is 17.2. The van der Waals surface area contributed by atoms with Crippen molar-refractivity contribution < 1.29 is 43.8 Å². The van der Waals surface area contributed by atoms with Crippen LogP contribution in [0.4, 0.5) is 0 Å². The van der Waals surface area contributed by atoms with Crippen LogP contribution >= 0.6 is 23.5 Å². The fraction of sp³-hybridized carbons (Fsp3) is 0.532. The largest absolute Gasteiger partial charge is 0.508 e. The van der Waals surface area contributed by atoms with Crippen LogP contribution in [-0.2, 0) is 46.4 Å². The Morgan fingerprint density at radius 2 is 1.20 bits per heavy atom. The van der Waals surface area contributed by atoms with E-state index in [0.717, 1.165) is 10.9 Å². The Hall–Kier alpha value is -6.04. The maximum Gasteiger partial charge on any atom is 0.326 e. The van der Waals surface area contributed by atoms with E-state index >= 15 is 0 Å². The van der Waals surface area contributed by atoms with Crippen molar-refractivity contribution in [2.75, 3.05) is 37.1 Å². The Bertz CT molecular complexity index is 2210. The number of carboxylic acid groups (broad SMARTS) is 1. The fourth-order valence-corrected chi connectivity index (χ4v) is 8.31. The highest BCUT2D eigenvalue weighted by Crippen LogP contribution is 2.20. The van der Waals surface area contributed by atoms with Crippen molar-refractivity contribution in [1.82, 2.24) is 36.9 Å². The van der Waals surface area contributed by atoms with E-state index in [1.165, 1.54) is 35.7 Å². The molecule has 3 aromatic rings. The highest BCUT2D eigenvalue weighted by molar-refractivity contribution is 7.98. The summed E-state index contributed by atoms with van der Waals surface area (Å²) in [6, 6.07) is 4.96. The van der Waals surface area contributed by atoms with Crippen molar-refractivity contribution in [2.24, 2.45) is 33.8 Å². The monoisotopic (exact) mass is 1010 g/mol. The van der Waals surface area contributed by atoms with Crippen LogP contribution in [0.5, 0.6) is 5.75 Å². The topological polar surface area (TPSA) is 364 Å². The number of aliphatic carboxylic acids is 1. The van der Waals surface area contributed by atoms with Gasteiger partial charge < -0.3 is 70.0 Å². The van der Waals surface area contributed by atoms with E-state index in [0.29, 0.717) is 48.4 Å². The number of hydrogen-bond donors (Lipinski definition) is 13. The molecule has 386 valence electrons. The highest BCUT2D eigenvalue weighted by Gasteiger charge is 2.35. The van der Waals surface area contributed by atoms with E-state index in [1.807, 2.05) is 36.8 Å². The van der Waals surface area contributed by atoms with Crippen LogP contribution in [-0.4, -0.2) is 142 Å². The third-order valence-electron chi connectivity index (χ3n) is 11.3. The number of aromatic hydroxyl groups is 1. The first-order valence-corrected chi connectivity index (χ1v) is 26.0. The van der Waals surface area contributed by atoms with Gasteiger partial charge in [0.15, 0.2) is 5.96 Å². The molecule has 6 amide bonds. The van der Waals surface area contributed by atoms with Gasteiger partial charge in [0.2, 0.25) is 35.4 Å². The summed E-state index contributed by atoms with van der Waals surface area (Å²) in [6.45, 7) is 3.88. The number of phenolic OH excluding ortho intramolecular Hbond substituents is 1. The second kappa shape index (κ2) is 30.5. The summed E-state index contributed by atoms with van der Waals surface area (Å²) in [7, 11) is 0. The third-order valence-corrected chi connectivity index (χ3v) is 12.6. The molecule has 21 nitrogen and oxygen atoms in total. The number of aromatic nitrogens is 1. The molecule has 0 aliphatic carbocycles. The number of guanidine groups is 1. The molecule has 0 aliphatic rings. The first-order chi connectivity index (χ1) is 33.4. The van der Waals surface area contributed by atoms with Crippen molar-refractivity contribution >= 4 is 81.8 Å². The van der Waals surface area contributed by atoms with Crippen LogP contribution in [0.15, 0.2) is 59.7 Å². The summed E-state index contributed by atoms with van der Waals surface area (Å²) in [5, 5.41) is 36.9. The number of para-hydroxylation sites is 1. The zero-order chi connectivity index (χ0) is 51.8. The number of amides is 6. The van der Waals surface area contributed by atoms with Crippen LogP contribution in [0.3, 0.4) is 0 Å². The number of nitrogens with zero attached hydrogens (tertiary/aromatic N) is 1. The number of phenols is 1. The van der Waals surface area contributed by atoms with Crippen molar-refractivity contribution in [3.05, 3.63) is 65.9 Å². The quantitative estimate of drug-likeness (QED) is 0.0228. The van der Waals surface area contributed by atoms with Gasteiger partial charge in [-0.3, -0.25) is 33.8 Å². The molecule has 23 heteroatoms. The maximum absolute atomic E-state index is 14.5. The second-order valence-corrected chi connectivity index (χ2v) is 19.2. The normalized spacial score (nSPS) is 14.2. The SMILES string of the molecule is CSCC[C@H](NC(=O)[C@@H](NC(=O)[C@H](CCSC)NC(=O)[C@H](Cc1ccc(O)cc1)NC(=O)[C@H](CCCN=C(N)N)NC(=O)[C@H](Cc1c[nH]c2ccccc12)NC(=O)[C@@H](N)CCCCN)C(C)C)C(=O)O. The molecule has 0 saturated heterocycles. The first kappa shape index (κ1) is 58.3. The van der Waals surface area contributed by atoms with Gasteiger partial charge in [-0.05, 0) is 104 Å². The number of H-pyrrole nitrogens is 1. The number of rotatable bonds is 32. The van der Waals surface area contributed by atoms with Crippen LogP contribution in [0.2, 0.25) is 0 Å². The molecule has 2 aromatic carbocycles. The molecule has 0 fully saturated rings. The van der Waals surface area contributed by atoms with E-state index in [9.17, 15) is 43.8 Å². The Morgan fingerprint density at radius 3 is 1.80 bits per heavy atom. The van der Waals surface area contributed by atoms with Crippen molar-refractivity contribution in [1.29, 1.82) is 0 Å². The molecular weight excluding hydrogens is 941 g/mol. The van der Waals surface area contributed by atoms with E-state index < -0.39 is 89.6 Å². The van der Waals surface area contributed by atoms with Gasteiger partial charge in [0.25, 0.3) is 0 Å². The molecule has 1 aromatic heterocycles. The zero-order valence-corrected chi connectivity index (χ0v) is 42.0. The molecule has 70 heavy (non-hydrogen) atoms. The molecule has 0 saturated carbocycles. The van der Waals surface area contributed by atoms with Gasteiger partial charge >= 0.3 is 5.97 Å². The average molecular weight is 1010 g/mol. The predicted octanol–water partition coefficient (Wildman–Crippen LogP) is 0.324. The minimum Gasteiger partial charge on any atom is -0.508 e. The summed E-state index contributed by atoms with van der Waals surface area (Å²) in [4.78, 5) is 103. The van der Waals surface area contributed by atoms with Gasteiger partial charge in [-0.15, -0.1) is 0 Å². The number of carbonyl (C=O) groups excluding carboxylic acids is 6. The summed E-state index contributed by atoms with van der Waals surface area (Å²) in [5.41, 5.74) is 25.1. The van der Waals surface area contributed by atoms with Crippen molar-refractivity contribution in [2.45, 2.75) is 114 Å². The minimum atomic E-state index is -1.37. The lowest BCUT2D eigenvalue weighted by Gasteiger charge is -2.28. The van der Waals surface area contributed by atoms with Crippen LogP contribution in [0.25, 0.3) is 10.9 Å². The van der Waals surface area contributed by atoms with Gasteiger partial charge in [0, 0.05) is 36.5 Å². The van der Waals surface area contributed by atoms with Gasteiger partial charge in [-0.25, -0.2) is 4.79 Å². The molecule has 7 atom stereocenters. The van der Waals surface area contributed by atoms with E-state index in [1.54, 1.807) is 32.2 Å². The Balaban J connectivity index is 1.98. The number of nitrogens with one attached hydrogen (secondary N) is 7. The summed E-state index contributed by atoms with van der Waals surface area (Å²) < 4.78 is 0. The highest BCUT2D eigenvalue weighted by atomic mass is 32.2. The molecule has 0 bridgehead atoms. The van der Waals surface area contributed by atoms with Crippen molar-refractivity contribution in [3.8, 4) is 5.75 Å². The maximum atomic E-state index is 14.5. The number of nitrogens with two attached hydrogens (primary N) is 4. The zero-order valence-electron chi connectivity index (χ0n) is 40.3. The third kappa shape index (κ3) is 19.8. The van der Waals surface area contributed by atoms with Gasteiger partial charge in [0.1, 0.15) is 42.0 Å². The molecule has 0 spiro atoms. The van der Waals surface area contributed by atoms with Gasteiger partial charge in [-0.2, -0.15) is 23.5 Å². The average Bonchev–Trinajstić information content (AvgIpc) is 3.73. The fourth-order valence-electron chi connectivity index (χ4n) is 7.36. The van der Waals surface area contributed by atoms with Gasteiger partial charge in [-0.1, -0.05) is 50.6 Å². The Kier molecular flexibility index (Phi) is 25.4. The first-order valence-electron chi connectivity index (χ1n) is 23.3. The summed E-state index contributed by atoms with van der Waals surface area (Å²) in [6.07, 6.45) is 7.26. The van der Waals surface area contributed by atoms with E-state index in [-0.39, 0.29) is 56.8 Å². The number of aromatic amines is 1. The lowest BCUT2D eigenvalue weighted by Crippen LogP contribution is -2.60. The smallest absolute Gasteiger partial charge is 0.326 e. The van der Waals surface area contributed by atoms with Crippen LogP contribution in [0.1, 0.15) is 69.9 Å². The molecule has 17 N–H and O–H groups in total.